The van der Waals surface area contributed by atoms with Gasteiger partial charge in [0.1, 0.15) is 11.6 Å². The molecule has 0 spiro atoms. The Kier molecular flexibility index (Phi) is 7.65. The summed E-state index contributed by atoms with van der Waals surface area (Å²) in [6, 6.07) is 10.1. The fourth-order valence-electron chi connectivity index (χ4n) is 3.63. The fourth-order valence-corrected chi connectivity index (χ4v) is 5.00. The van der Waals surface area contributed by atoms with Crippen molar-refractivity contribution in [2.45, 2.75) is 32.5 Å². The maximum Gasteiger partial charge on any atom is 0.260 e. The fraction of sp³-hybridized carbons (Fsp3) is 0.364. The minimum Gasteiger partial charge on any atom is -0.482 e. The number of halogens is 3. The Bertz CT molecular complexity index is 923. The van der Waals surface area contributed by atoms with Gasteiger partial charge in [-0.05, 0) is 59.6 Å². The van der Waals surface area contributed by atoms with Crippen molar-refractivity contribution < 1.29 is 18.7 Å². The minimum atomic E-state index is -0.245. The van der Waals surface area contributed by atoms with Crippen molar-refractivity contribution in [3.05, 3.63) is 62.3 Å². The van der Waals surface area contributed by atoms with Crippen LogP contribution in [0.4, 0.5) is 4.39 Å². The lowest BCUT2D eigenvalue weighted by atomic mass is 10.1. The van der Waals surface area contributed by atoms with Crippen molar-refractivity contribution in [1.29, 1.82) is 0 Å². The standard InChI is InChI=1S/C22H23Br2FN2O3/c1-14-10-27(15(2)9-26(14)11-16-3-5-19(25)6-4-16)21(29)13-30-22-17(12-28)7-18(23)8-20(22)24/h3-8,12,14-15H,9-11,13H2,1-2H3/t14-,15+/m0/s1. The maximum absolute atomic E-state index is 13.1. The lowest BCUT2D eigenvalue weighted by Crippen LogP contribution is -2.58. The zero-order chi connectivity index (χ0) is 21.8. The number of benzene rings is 2. The van der Waals surface area contributed by atoms with Gasteiger partial charge < -0.3 is 9.64 Å². The van der Waals surface area contributed by atoms with Gasteiger partial charge in [-0.25, -0.2) is 4.39 Å². The van der Waals surface area contributed by atoms with Crippen LogP contribution in [0.2, 0.25) is 0 Å². The van der Waals surface area contributed by atoms with Crippen molar-refractivity contribution in [2.24, 2.45) is 0 Å². The molecule has 0 bridgehead atoms. The first kappa shape index (κ1) is 22.9. The molecule has 1 aliphatic rings. The lowest BCUT2D eigenvalue weighted by molar-refractivity contribution is -0.139. The summed E-state index contributed by atoms with van der Waals surface area (Å²) in [6.45, 7) is 5.94. The van der Waals surface area contributed by atoms with Crippen molar-refractivity contribution >= 4 is 44.1 Å². The SMILES string of the molecule is C[C@@H]1CN(Cc2ccc(F)cc2)[C@@H](C)CN1C(=O)COc1c(Br)cc(Br)cc1C=O. The van der Waals surface area contributed by atoms with Gasteiger partial charge in [0.2, 0.25) is 0 Å². The molecule has 2 aromatic carbocycles. The summed E-state index contributed by atoms with van der Waals surface area (Å²) in [7, 11) is 0. The molecule has 8 heteroatoms. The number of nitrogens with zero attached hydrogens (tertiary/aromatic N) is 2. The van der Waals surface area contributed by atoms with E-state index < -0.39 is 0 Å². The number of hydrogen-bond donors (Lipinski definition) is 0. The van der Waals surface area contributed by atoms with Crippen LogP contribution in [0.3, 0.4) is 0 Å². The van der Waals surface area contributed by atoms with Crippen LogP contribution in [-0.4, -0.2) is 53.8 Å². The van der Waals surface area contributed by atoms with Crippen LogP contribution in [0.25, 0.3) is 0 Å². The topological polar surface area (TPSA) is 49.9 Å². The summed E-state index contributed by atoms with van der Waals surface area (Å²) >= 11 is 6.72. The molecule has 1 fully saturated rings. The molecule has 0 unspecified atom stereocenters. The Morgan fingerprint density at radius 3 is 2.53 bits per heavy atom. The van der Waals surface area contributed by atoms with Gasteiger partial charge in [-0.15, -0.1) is 0 Å². The van der Waals surface area contributed by atoms with Gasteiger partial charge in [0.25, 0.3) is 5.91 Å². The molecule has 1 heterocycles. The summed E-state index contributed by atoms with van der Waals surface area (Å²) in [5, 5.41) is 0. The quantitative estimate of drug-likeness (QED) is 0.499. The number of carbonyl (C=O) groups is 2. The van der Waals surface area contributed by atoms with E-state index in [1.807, 2.05) is 11.8 Å². The summed E-state index contributed by atoms with van der Waals surface area (Å²) in [4.78, 5) is 28.3. The van der Waals surface area contributed by atoms with E-state index in [2.05, 4.69) is 43.7 Å². The highest BCUT2D eigenvalue weighted by molar-refractivity contribution is 9.11. The van der Waals surface area contributed by atoms with E-state index in [9.17, 15) is 14.0 Å². The van der Waals surface area contributed by atoms with E-state index in [1.54, 1.807) is 24.3 Å². The normalized spacial score (nSPS) is 19.6. The van der Waals surface area contributed by atoms with Crippen LogP contribution in [0.5, 0.6) is 5.75 Å². The Morgan fingerprint density at radius 1 is 1.17 bits per heavy atom. The predicted molar refractivity (Wildman–Crippen MR) is 120 cm³/mol. The molecule has 0 aliphatic carbocycles. The number of hydrogen-bond acceptors (Lipinski definition) is 4. The third-order valence-electron chi connectivity index (χ3n) is 5.24. The zero-order valence-corrected chi connectivity index (χ0v) is 19.9. The molecule has 30 heavy (non-hydrogen) atoms. The largest absolute Gasteiger partial charge is 0.482 e. The van der Waals surface area contributed by atoms with Crippen molar-refractivity contribution in [3.63, 3.8) is 0 Å². The van der Waals surface area contributed by atoms with Crippen LogP contribution in [0, 0.1) is 5.82 Å². The summed E-state index contributed by atoms with van der Waals surface area (Å²) in [5.41, 5.74) is 1.41. The molecule has 0 saturated carbocycles. The van der Waals surface area contributed by atoms with Gasteiger partial charge in [-0.1, -0.05) is 28.1 Å². The summed E-state index contributed by atoms with van der Waals surface area (Å²) in [6.07, 6.45) is 0.703. The highest BCUT2D eigenvalue weighted by Gasteiger charge is 2.32. The van der Waals surface area contributed by atoms with E-state index >= 15 is 0 Å². The highest BCUT2D eigenvalue weighted by Crippen LogP contribution is 2.32. The van der Waals surface area contributed by atoms with E-state index in [0.29, 0.717) is 41.7 Å². The Balaban J connectivity index is 1.61. The molecule has 1 aliphatic heterocycles. The predicted octanol–water partition coefficient (Wildman–Crippen LogP) is 4.66. The first-order chi connectivity index (χ1) is 14.3. The smallest absolute Gasteiger partial charge is 0.260 e. The average Bonchev–Trinajstić information content (AvgIpc) is 2.70. The zero-order valence-electron chi connectivity index (χ0n) is 16.8. The highest BCUT2D eigenvalue weighted by atomic mass is 79.9. The van der Waals surface area contributed by atoms with Crippen molar-refractivity contribution in [3.8, 4) is 5.75 Å². The Morgan fingerprint density at radius 2 is 1.87 bits per heavy atom. The second-order valence-electron chi connectivity index (χ2n) is 7.51. The molecule has 1 amide bonds. The first-order valence-electron chi connectivity index (χ1n) is 9.63. The monoisotopic (exact) mass is 540 g/mol. The van der Waals surface area contributed by atoms with Gasteiger partial charge >= 0.3 is 0 Å². The molecular weight excluding hydrogens is 519 g/mol. The minimum absolute atomic E-state index is 0.0108. The Hall–Kier alpha value is -1.77. The number of aldehydes is 1. The van der Waals surface area contributed by atoms with Crippen LogP contribution in [0.1, 0.15) is 29.8 Å². The Labute approximate surface area is 192 Å². The van der Waals surface area contributed by atoms with Crippen LogP contribution in [0.15, 0.2) is 45.3 Å². The molecule has 0 radical (unpaired) electrons. The maximum atomic E-state index is 13.1. The van der Waals surface area contributed by atoms with E-state index in [1.165, 1.54) is 12.1 Å². The second-order valence-corrected chi connectivity index (χ2v) is 9.28. The summed E-state index contributed by atoms with van der Waals surface area (Å²) < 4.78 is 20.2. The number of amides is 1. The van der Waals surface area contributed by atoms with Gasteiger partial charge in [0.15, 0.2) is 12.9 Å². The van der Waals surface area contributed by atoms with E-state index in [-0.39, 0.29) is 30.4 Å². The number of rotatable bonds is 6. The first-order valence-corrected chi connectivity index (χ1v) is 11.2. The van der Waals surface area contributed by atoms with Crippen molar-refractivity contribution in [2.75, 3.05) is 19.7 Å². The molecule has 5 nitrogen and oxygen atoms in total. The van der Waals surface area contributed by atoms with Gasteiger partial charge in [-0.2, -0.15) is 0 Å². The molecule has 1 saturated heterocycles. The summed E-state index contributed by atoms with van der Waals surface area (Å²) in [5.74, 6) is -0.00891. The third kappa shape index (κ3) is 5.47. The number of piperazine rings is 1. The van der Waals surface area contributed by atoms with Gasteiger partial charge in [-0.3, -0.25) is 14.5 Å². The van der Waals surface area contributed by atoms with Crippen LogP contribution < -0.4 is 4.74 Å². The molecule has 160 valence electrons. The average molecular weight is 542 g/mol. The van der Waals surface area contributed by atoms with Crippen molar-refractivity contribution in [1.82, 2.24) is 9.80 Å². The molecule has 3 rings (SSSR count). The molecule has 2 aromatic rings. The van der Waals surface area contributed by atoms with Crippen LogP contribution >= 0.6 is 31.9 Å². The van der Waals surface area contributed by atoms with E-state index in [4.69, 9.17) is 4.74 Å². The number of ether oxygens (including phenoxy) is 1. The second kappa shape index (κ2) is 10.0. The lowest BCUT2D eigenvalue weighted by Gasteiger charge is -2.44. The van der Waals surface area contributed by atoms with Gasteiger partial charge in [0.05, 0.1) is 10.0 Å². The van der Waals surface area contributed by atoms with Crippen LogP contribution in [-0.2, 0) is 11.3 Å². The van der Waals surface area contributed by atoms with E-state index in [0.717, 1.165) is 10.0 Å². The number of carbonyl (C=O) groups excluding carboxylic acids is 2. The van der Waals surface area contributed by atoms with Gasteiger partial charge in [0, 0.05) is 36.2 Å². The molecule has 0 N–H and O–H groups in total. The molecule has 2 atom stereocenters. The molecular formula is C22H23Br2FN2O3. The molecule has 0 aromatic heterocycles. The third-order valence-corrected chi connectivity index (χ3v) is 6.29.